The SMILES string of the molecule is CC(C)(C)[Si](Oc1cccc2c1CCC[C@H]2OCc1nc(-c2ccccc2)c(-c2ccccc2)o1)(c1ccccc1)c1ccccc1. The van der Waals surface area contributed by atoms with Gasteiger partial charge in [0.1, 0.15) is 18.1 Å². The zero-order chi connectivity index (χ0) is 32.3. The number of hydrogen-bond acceptors (Lipinski definition) is 4. The number of hydrogen-bond donors (Lipinski definition) is 0. The van der Waals surface area contributed by atoms with Crippen molar-refractivity contribution in [2.75, 3.05) is 0 Å². The molecule has 0 unspecified atom stereocenters. The van der Waals surface area contributed by atoms with Gasteiger partial charge in [-0.3, -0.25) is 0 Å². The van der Waals surface area contributed by atoms with E-state index < -0.39 is 8.32 Å². The Morgan fingerprint density at radius 1 is 0.702 bits per heavy atom. The number of fused-ring (bicyclic) bond motifs is 1. The Bertz CT molecular complexity index is 1820. The number of rotatable bonds is 9. The third-order valence-electron chi connectivity index (χ3n) is 9.25. The molecule has 0 amide bonds. The summed E-state index contributed by atoms with van der Waals surface area (Å²) >= 11 is 0. The van der Waals surface area contributed by atoms with Crippen LogP contribution in [0.1, 0.15) is 56.7 Å². The highest BCUT2D eigenvalue weighted by molar-refractivity contribution is 7.00. The summed E-state index contributed by atoms with van der Waals surface area (Å²) in [5, 5.41) is 2.42. The van der Waals surface area contributed by atoms with Crippen LogP contribution in [0.15, 0.2) is 144 Å². The minimum atomic E-state index is -2.78. The quantitative estimate of drug-likeness (QED) is 0.149. The molecule has 0 saturated heterocycles. The van der Waals surface area contributed by atoms with Crippen molar-refractivity contribution in [3.05, 3.63) is 157 Å². The lowest BCUT2D eigenvalue weighted by Gasteiger charge is -2.43. The summed E-state index contributed by atoms with van der Waals surface area (Å²) in [6, 6.07) is 48.6. The van der Waals surface area contributed by atoms with E-state index in [1.54, 1.807) is 0 Å². The minimum Gasteiger partial charge on any atom is -0.534 e. The summed E-state index contributed by atoms with van der Waals surface area (Å²) in [6.45, 7) is 7.26. The van der Waals surface area contributed by atoms with Crippen LogP contribution in [0.25, 0.3) is 22.6 Å². The maximum Gasteiger partial charge on any atom is 0.319 e. The minimum absolute atomic E-state index is 0.0753. The van der Waals surface area contributed by atoms with E-state index in [-0.39, 0.29) is 17.7 Å². The van der Waals surface area contributed by atoms with Gasteiger partial charge in [0.05, 0.1) is 6.10 Å². The molecule has 1 atom stereocenters. The maximum atomic E-state index is 7.52. The lowest BCUT2D eigenvalue weighted by atomic mass is 9.89. The van der Waals surface area contributed by atoms with Crippen LogP contribution < -0.4 is 14.8 Å². The molecule has 6 aromatic rings. The Kier molecular flexibility index (Phi) is 8.67. The van der Waals surface area contributed by atoms with Crippen molar-refractivity contribution in [1.29, 1.82) is 0 Å². The lowest BCUT2D eigenvalue weighted by molar-refractivity contribution is 0.0170. The molecule has 236 valence electrons. The van der Waals surface area contributed by atoms with Crippen LogP contribution in [0, 0.1) is 0 Å². The molecule has 5 heteroatoms. The smallest absolute Gasteiger partial charge is 0.319 e. The molecule has 0 fully saturated rings. The first-order chi connectivity index (χ1) is 22.9. The summed E-state index contributed by atoms with van der Waals surface area (Å²) in [5.41, 5.74) is 5.30. The van der Waals surface area contributed by atoms with Gasteiger partial charge in [-0.05, 0) is 51.9 Å². The molecule has 1 aromatic heterocycles. The zero-order valence-electron chi connectivity index (χ0n) is 27.4. The average molecular weight is 636 g/mol. The highest BCUT2D eigenvalue weighted by atomic mass is 28.4. The topological polar surface area (TPSA) is 44.5 Å². The molecule has 7 rings (SSSR count). The van der Waals surface area contributed by atoms with Crippen LogP contribution >= 0.6 is 0 Å². The molecule has 5 aromatic carbocycles. The third kappa shape index (κ3) is 6.09. The Hall–Kier alpha value is -4.71. The molecule has 47 heavy (non-hydrogen) atoms. The number of benzene rings is 5. The van der Waals surface area contributed by atoms with E-state index in [0.717, 1.165) is 47.6 Å². The number of ether oxygens (including phenoxy) is 1. The normalized spacial score (nSPS) is 14.8. The van der Waals surface area contributed by atoms with Crippen LogP contribution in [0.4, 0.5) is 0 Å². The second-order valence-corrected chi connectivity index (χ2v) is 17.5. The van der Waals surface area contributed by atoms with Gasteiger partial charge in [0.2, 0.25) is 5.89 Å². The summed E-state index contributed by atoms with van der Waals surface area (Å²) < 4.78 is 20.6. The summed E-state index contributed by atoms with van der Waals surface area (Å²) in [4.78, 5) is 4.95. The van der Waals surface area contributed by atoms with Crippen molar-refractivity contribution in [3.8, 4) is 28.3 Å². The number of oxazole rings is 1. The molecule has 0 saturated carbocycles. The van der Waals surface area contributed by atoms with Gasteiger partial charge in [0, 0.05) is 11.1 Å². The molecular weight excluding hydrogens is 595 g/mol. The fourth-order valence-electron chi connectivity index (χ4n) is 7.03. The molecule has 0 aliphatic heterocycles. The van der Waals surface area contributed by atoms with E-state index in [0.29, 0.717) is 5.89 Å². The van der Waals surface area contributed by atoms with Gasteiger partial charge in [0.15, 0.2) is 5.76 Å². The van der Waals surface area contributed by atoms with Crippen LogP contribution in [-0.4, -0.2) is 13.3 Å². The zero-order valence-corrected chi connectivity index (χ0v) is 28.4. The molecule has 0 spiro atoms. The van der Waals surface area contributed by atoms with E-state index in [4.69, 9.17) is 18.6 Å². The van der Waals surface area contributed by atoms with E-state index in [1.165, 1.54) is 21.5 Å². The number of nitrogens with zero attached hydrogens (tertiary/aromatic N) is 1. The molecule has 0 N–H and O–H groups in total. The summed E-state index contributed by atoms with van der Waals surface area (Å²) in [6.07, 6.45) is 2.84. The van der Waals surface area contributed by atoms with E-state index in [1.807, 2.05) is 36.4 Å². The van der Waals surface area contributed by atoms with Crippen LogP contribution in [-0.2, 0) is 17.8 Å². The van der Waals surface area contributed by atoms with Gasteiger partial charge >= 0.3 is 8.32 Å². The fourth-order valence-corrected chi connectivity index (χ4v) is 11.5. The van der Waals surface area contributed by atoms with Gasteiger partial charge in [0.25, 0.3) is 0 Å². The van der Waals surface area contributed by atoms with Crippen molar-refractivity contribution in [2.24, 2.45) is 0 Å². The van der Waals surface area contributed by atoms with E-state index in [9.17, 15) is 0 Å². The van der Waals surface area contributed by atoms with Crippen molar-refractivity contribution < 1.29 is 13.6 Å². The van der Waals surface area contributed by atoms with Crippen LogP contribution in [0.2, 0.25) is 5.04 Å². The average Bonchev–Trinajstić information content (AvgIpc) is 3.55. The van der Waals surface area contributed by atoms with Gasteiger partial charge < -0.3 is 13.6 Å². The van der Waals surface area contributed by atoms with Gasteiger partial charge in [-0.25, -0.2) is 4.98 Å². The molecule has 1 aliphatic rings. The fraction of sp³-hybridized carbons (Fsp3) is 0.214. The first-order valence-electron chi connectivity index (χ1n) is 16.6. The molecular formula is C42H41NO3Si. The Morgan fingerprint density at radius 2 is 1.28 bits per heavy atom. The molecule has 0 radical (unpaired) electrons. The van der Waals surface area contributed by atoms with E-state index >= 15 is 0 Å². The molecule has 4 nitrogen and oxygen atoms in total. The largest absolute Gasteiger partial charge is 0.534 e. The molecule has 1 heterocycles. The van der Waals surface area contributed by atoms with Gasteiger partial charge in [-0.2, -0.15) is 0 Å². The molecule has 1 aliphatic carbocycles. The standard InChI is InChI=1S/C42H41NO3Si/c1-42(2,3)47(33-22-12-6-13-23-33,34-24-14-7-15-25-34)46-38-29-17-26-35-36(38)27-16-28-37(35)44-30-39-43-40(31-18-8-4-9-19-31)41(45-39)32-20-10-5-11-21-32/h4-15,17-26,29,37H,16,27-28,30H2,1-3H3/t37-/m1/s1. The predicted octanol–water partition coefficient (Wildman–Crippen LogP) is 9.54. The van der Waals surface area contributed by atoms with E-state index in [2.05, 4.69) is 124 Å². The van der Waals surface area contributed by atoms with Crippen molar-refractivity contribution in [1.82, 2.24) is 4.98 Å². The van der Waals surface area contributed by atoms with Crippen LogP contribution in [0.3, 0.4) is 0 Å². The molecule has 0 bridgehead atoms. The monoisotopic (exact) mass is 635 g/mol. The summed E-state index contributed by atoms with van der Waals surface area (Å²) in [5.74, 6) is 2.31. The maximum absolute atomic E-state index is 7.52. The summed E-state index contributed by atoms with van der Waals surface area (Å²) in [7, 11) is -2.78. The van der Waals surface area contributed by atoms with Gasteiger partial charge in [-0.15, -0.1) is 0 Å². The Morgan fingerprint density at radius 3 is 1.87 bits per heavy atom. The third-order valence-corrected chi connectivity index (χ3v) is 14.2. The Balaban J connectivity index is 1.21. The van der Waals surface area contributed by atoms with Gasteiger partial charge in [-0.1, -0.05) is 154 Å². The highest BCUT2D eigenvalue weighted by Gasteiger charge is 2.52. The lowest BCUT2D eigenvalue weighted by Crippen LogP contribution is -2.69. The van der Waals surface area contributed by atoms with Crippen LogP contribution in [0.5, 0.6) is 5.75 Å². The number of aromatic nitrogens is 1. The van der Waals surface area contributed by atoms with Crippen molar-refractivity contribution >= 4 is 18.7 Å². The Labute approximate surface area is 279 Å². The van der Waals surface area contributed by atoms with Crippen molar-refractivity contribution in [2.45, 2.75) is 57.8 Å². The predicted molar refractivity (Wildman–Crippen MR) is 193 cm³/mol. The second kappa shape index (κ2) is 13.2. The first-order valence-corrected chi connectivity index (χ1v) is 18.5. The van der Waals surface area contributed by atoms with Crippen molar-refractivity contribution in [3.63, 3.8) is 0 Å². The second-order valence-electron chi connectivity index (χ2n) is 13.3. The highest BCUT2D eigenvalue weighted by Crippen LogP contribution is 2.43. The first kappa shape index (κ1) is 30.9.